The number of fused-ring (bicyclic) bond motifs is 1. The van der Waals surface area contributed by atoms with E-state index in [1.165, 1.54) is 0 Å². The largest absolute Gasteiger partial charge is 0.0636 e. The van der Waals surface area contributed by atoms with E-state index in [1.54, 1.807) is 18.2 Å². The Kier molecular flexibility index (Phi) is 5.18. The Morgan fingerprint density at radius 2 is 0.650 bits per heavy atom. The average molecular weight is 768 g/mol. The van der Waals surface area contributed by atoms with E-state index in [2.05, 4.69) is 12.1 Å². The monoisotopic (exact) mass is 767 g/mol. The van der Waals surface area contributed by atoms with Gasteiger partial charge in [0.1, 0.15) is 0 Å². The van der Waals surface area contributed by atoms with Gasteiger partial charge < -0.3 is 0 Å². The topological polar surface area (TPSA) is 0 Å². The van der Waals surface area contributed by atoms with Crippen molar-refractivity contribution >= 4 is 75.4 Å². The molecule has 0 saturated heterocycles. The third-order valence-corrected chi connectivity index (χ3v) is 12.2. The Labute approximate surface area is 363 Å². The molecule has 276 valence electrons. The highest BCUT2D eigenvalue weighted by Gasteiger charge is 2.16. The molecule has 0 radical (unpaired) electrons. The van der Waals surface area contributed by atoms with E-state index < -0.39 is 36.3 Å². The van der Waals surface area contributed by atoms with Gasteiger partial charge in [-0.15, -0.1) is 0 Å². The lowest BCUT2D eigenvalue weighted by atomic mass is 9.88. The maximum absolute atomic E-state index is 10.1. The smallest absolute Gasteiger partial charge is 0.0616 e. The van der Waals surface area contributed by atoms with Crippen molar-refractivity contribution in [1.82, 2.24) is 0 Å². The first-order chi connectivity index (χ1) is 34.3. The molecular weight excluding hydrogens is 721 g/mol. The van der Waals surface area contributed by atoms with Crippen LogP contribution in [0.1, 0.15) is 15.1 Å². The van der Waals surface area contributed by atoms with Crippen LogP contribution in [0.4, 0.5) is 0 Å². The molecule has 0 aliphatic heterocycles. The summed E-state index contributed by atoms with van der Waals surface area (Å²) in [6.45, 7) is 0. The average Bonchev–Trinajstić information content (AvgIpc) is 3.38. The summed E-state index contributed by atoms with van der Waals surface area (Å²) in [6, 6.07) is 43.4. The van der Waals surface area contributed by atoms with Crippen LogP contribution in [0.5, 0.6) is 0 Å². The summed E-state index contributed by atoms with van der Waals surface area (Å²) < 4.78 is 107. The third kappa shape index (κ3) is 5.04. The van der Waals surface area contributed by atoms with Crippen molar-refractivity contribution in [2.45, 2.75) is 0 Å². The Hall–Kier alpha value is -7.80. The molecule has 0 bridgehead atoms. The Morgan fingerprint density at radius 3 is 1.30 bits per heavy atom. The molecule has 0 aromatic heterocycles. The van der Waals surface area contributed by atoms with Gasteiger partial charge in [0.25, 0.3) is 0 Å². The highest BCUT2D eigenvalue weighted by atomic mass is 14.2. The molecule has 0 N–H and O–H groups in total. The van der Waals surface area contributed by atoms with Gasteiger partial charge in [0.15, 0.2) is 0 Å². The molecule has 13 aromatic rings. The first-order valence-electron chi connectivity index (χ1n) is 25.5. The molecule has 0 amide bonds. The molecule has 0 aliphatic rings. The number of hydrogen-bond donors (Lipinski definition) is 0. The standard InChI is InChI=1S/C60H36/c1-2-15-51-38(7-1)8-6-16-52(51)50-35-48(37-17-19-39(20-18-37)53-29-25-44-23-21-40-9-3-11-42-27-31-55(53)59(44)57(40)42)34-49(36-50)46-13-5-14-47(33-46)54-30-26-45-24-22-41-10-4-12-43-28-32-56(54)60(45)58(41)43/h1-36H/i5D,13D,14D,17D,18D,19D,20D,33D,34D,35D,36D. The van der Waals surface area contributed by atoms with E-state index in [0.29, 0.717) is 22.1 Å². The minimum atomic E-state index is -0.570. The van der Waals surface area contributed by atoms with Crippen molar-refractivity contribution in [3.05, 3.63) is 218 Å². The SMILES string of the molecule is [2H]c1c([2H])c(-c2c([2H])c(-c3c([2H])c([2H])c(-c4ccc5ccc6cccc7ccc4c5c67)c([2H])c3[2H])c([2H])c(-c3cccc4ccccc34)c2[2H])c([2H])c(-c2ccc3ccc4cccc5ccc2c3c45)c1[2H]. The predicted molar refractivity (Wildman–Crippen MR) is 259 cm³/mol. The predicted octanol–water partition coefficient (Wildman–Crippen LogP) is 17.0. The zero-order valence-electron chi connectivity index (χ0n) is 42.9. The van der Waals surface area contributed by atoms with Gasteiger partial charge in [-0.3, -0.25) is 0 Å². The number of benzene rings is 13. The fourth-order valence-corrected chi connectivity index (χ4v) is 9.38. The van der Waals surface area contributed by atoms with E-state index in [-0.39, 0.29) is 69.2 Å². The highest BCUT2D eigenvalue weighted by molar-refractivity contribution is 6.26. The van der Waals surface area contributed by atoms with E-state index in [4.69, 9.17) is 0 Å². The van der Waals surface area contributed by atoms with Crippen LogP contribution >= 0.6 is 0 Å². The second-order valence-corrected chi connectivity index (χ2v) is 15.5. The van der Waals surface area contributed by atoms with E-state index in [1.807, 2.05) is 121 Å². The molecule has 0 heteroatoms. The van der Waals surface area contributed by atoms with Crippen molar-refractivity contribution in [2.24, 2.45) is 0 Å². The van der Waals surface area contributed by atoms with Gasteiger partial charge in [-0.2, -0.15) is 0 Å². The Balaban J connectivity index is 1.11. The Bertz CT molecular complexity index is 4420. The van der Waals surface area contributed by atoms with Crippen LogP contribution in [0.15, 0.2) is 218 Å². The van der Waals surface area contributed by atoms with Crippen LogP contribution in [0.3, 0.4) is 0 Å². The molecule has 0 saturated carbocycles. The summed E-state index contributed by atoms with van der Waals surface area (Å²) in [5.41, 5.74) is 0.195. The molecule has 0 fully saturated rings. The second kappa shape index (κ2) is 12.9. The summed E-state index contributed by atoms with van der Waals surface area (Å²) in [5.74, 6) is 0. The molecule has 13 aromatic carbocycles. The lowest BCUT2D eigenvalue weighted by Gasteiger charge is -2.16. The van der Waals surface area contributed by atoms with Crippen LogP contribution < -0.4 is 0 Å². The maximum Gasteiger partial charge on any atom is 0.0636 e. The maximum atomic E-state index is 10.1. The van der Waals surface area contributed by atoms with Crippen LogP contribution in [-0.2, 0) is 0 Å². The van der Waals surface area contributed by atoms with Crippen LogP contribution in [0.2, 0.25) is 0 Å². The molecule has 60 heavy (non-hydrogen) atoms. The molecule has 0 spiro atoms. The molecular formula is C60H36. The van der Waals surface area contributed by atoms with Gasteiger partial charge in [-0.1, -0.05) is 194 Å². The molecule has 0 aliphatic carbocycles. The van der Waals surface area contributed by atoms with Crippen LogP contribution in [0, 0.1) is 0 Å². The normalized spacial score (nSPS) is 14.6. The summed E-state index contributed by atoms with van der Waals surface area (Å²) >= 11 is 0. The molecule has 0 heterocycles. The van der Waals surface area contributed by atoms with Crippen molar-refractivity contribution < 1.29 is 15.1 Å². The van der Waals surface area contributed by atoms with Gasteiger partial charge in [0.05, 0.1) is 15.1 Å². The van der Waals surface area contributed by atoms with Gasteiger partial charge in [0.2, 0.25) is 0 Å². The summed E-state index contributed by atoms with van der Waals surface area (Å²) in [4.78, 5) is 0. The van der Waals surface area contributed by atoms with Gasteiger partial charge in [-0.25, -0.2) is 0 Å². The molecule has 0 atom stereocenters. The lowest BCUT2D eigenvalue weighted by molar-refractivity contribution is 1.57. The fraction of sp³-hybridized carbons (Fsp3) is 0. The van der Waals surface area contributed by atoms with E-state index in [0.717, 1.165) is 70.0 Å². The van der Waals surface area contributed by atoms with Crippen molar-refractivity contribution in [1.29, 1.82) is 0 Å². The minimum absolute atomic E-state index is 0.0138. The second-order valence-electron chi connectivity index (χ2n) is 15.5. The fourth-order valence-electron chi connectivity index (χ4n) is 9.38. The number of rotatable bonds is 5. The zero-order chi connectivity index (χ0) is 48.9. The summed E-state index contributed by atoms with van der Waals surface area (Å²) in [6.07, 6.45) is 0. The Morgan fingerprint density at radius 1 is 0.233 bits per heavy atom. The summed E-state index contributed by atoms with van der Waals surface area (Å²) in [5, 5.41) is 12.8. The third-order valence-electron chi connectivity index (χ3n) is 12.2. The minimum Gasteiger partial charge on any atom is -0.0616 e. The highest BCUT2D eigenvalue weighted by Crippen LogP contribution is 2.43. The lowest BCUT2D eigenvalue weighted by Crippen LogP contribution is -1.90. The van der Waals surface area contributed by atoms with Crippen molar-refractivity contribution in [2.75, 3.05) is 0 Å². The van der Waals surface area contributed by atoms with Gasteiger partial charge >= 0.3 is 0 Å². The van der Waals surface area contributed by atoms with E-state index in [9.17, 15) is 15.1 Å². The first kappa shape index (κ1) is 24.2. The molecule has 0 nitrogen and oxygen atoms in total. The molecule has 13 rings (SSSR count). The number of hydrogen-bond acceptors (Lipinski definition) is 0. The van der Waals surface area contributed by atoms with Gasteiger partial charge in [-0.05, 0) is 155 Å². The van der Waals surface area contributed by atoms with Crippen molar-refractivity contribution in [3.8, 4) is 55.6 Å². The summed E-state index contributed by atoms with van der Waals surface area (Å²) in [7, 11) is 0. The zero-order valence-corrected chi connectivity index (χ0v) is 31.9. The van der Waals surface area contributed by atoms with Crippen LogP contribution in [0.25, 0.3) is 131 Å². The van der Waals surface area contributed by atoms with Gasteiger partial charge in [0, 0.05) is 0 Å². The van der Waals surface area contributed by atoms with Crippen molar-refractivity contribution in [3.63, 3.8) is 0 Å². The quantitative estimate of drug-likeness (QED) is 0.153. The first-order valence-corrected chi connectivity index (χ1v) is 20.0. The van der Waals surface area contributed by atoms with Crippen LogP contribution in [-0.4, -0.2) is 0 Å². The molecule has 0 unspecified atom stereocenters. The van der Waals surface area contributed by atoms with E-state index >= 15 is 0 Å².